The average molecular weight is 436 g/mol. The maximum atomic E-state index is 12.9. The molecule has 1 aliphatic heterocycles. The fourth-order valence-corrected chi connectivity index (χ4v) is 6.49. The first-order chi connectivity index (χ1) is 13.2. The van der Waals surface area contributed by atoms with E-state index in [1.165, 1.54) is 22.0 Å². The molecule has 0 radical (unpaired) electrons. The lowest BCUT2D eigenvalue weighted by Crippen LogP contribution is -2.50. The van der Waals surface area contributed by atoms with Gasteiger partial charge in [0.05, 0.1) is 31.6 Å². The van der Waals surface area contributed by atoms with E-state index in [1.807, 2.05) is 19.1 Å². The van der Waals surface area contributed by atoms with Gasteiger partial charge in [0.1, 0.15) is 5.54 Å². The maximum absolute atomic E-state index is 12.9. The second-order valence-corrected chi connectivity index (χ2v) is 10.6. The minimum atomic E-state index is -2.58. The van der Waals surface area contributed by atoms with Crippen molar-refractivity contribution >= 4 is 44.5 Å². The van der Waals surface area contributed by atoms with E-state index in [0.717, 1.165) is 20.9 Å². The standard InChI is InChI=1S/C18H18ClN5O2S2/c1-18(9-28(3,25)24(2)17(20)23-18)16-13(19)5-15(27-16)12-4-11(6-21-7-12)14-8-22-10-26-14/h4-8,10H,3,9H2,1-2H3,(H2,20,23)/t18-,28?/m0/s1. The van der Waals surface area contributed by atoms with Crippen LogP contribution in [-0.2, 0) is 15.2 Å². The first kappa shape index (κ1) is 19.0. The predicted molar refractivity (Wildman–Crippen MR) is 115 cm³/mol. The number of guanidine groups is 1. The van der Waals surface area contributed by atoms with Crippen LogP contribution in [0.4, 0.5) is 0 Å². The Hall–Kier alpha value is -2.36. The second-order valence-electron chi connectivity index (χ2n) is 6.77. The first-order valence-corrected chi connectivity index (χ1v) is 11.3. The van der Waals surface area contributed by atoms with Gasteiger partial charge in [0, 0.05) is 35.4 Å². The number of thiophene rings is 1. The summed E-state index contributed by atoms with van der Waals surface area (Å²) in [4.78, 5) is 14.5. The van der Waals surface area contributed by atoms with Crippen molar-refractivity contribution in [2.45, 2.75) is 12.5 Å². The molecule has 4 heterocycles. The van der Waals surface area contributed by atoms with Crippen molar-refractivity contribution in [3.05, 3.63) is 47.0 Å². The van der Waals surface area contributed by atoms with Crippen molar-refractivity contribution in [1.29, 1.82) is 0 Å². The molecule has 0 bridgehead atoms. The zero-order valence-electron chi connectivity index (χ0n) is 15.3. The number of nitrogens with zero attached hydrogens (tertiary/aromatic N) is 4. The van der Waals surface area contributed by atoms with Crippen LogP contribution < -0.4 is 5.73 Å². The van der Waals surface area contributed by atoms with Gasteiger partial charge in [-0.1, -0.05) is 11.6 Å². The first-order valence-electron chi connectivity index (χ1n) is 8.28. The van der Waals surface area contributed by atoms with E-state index in [9.17, 15) is 4.21 Å². The van der Waals surface area contributed by atoms with E-state index in [-0.39, 0.29) is 11.7 Å². The molecule has 0 aliphatic carbocycles. The lowest BCUT2D eigenvalue weighted by Gasteiger charge is -2.36. The molecule has 3 aromatic heterocycles. The largest absolute Gasteiger partial charge is 0.443 e. The zero-order chi connectivity index (χ0) is 20.1. The number of pyridine rings is 1. The molecule has 0 aromatic carbocycles. The summed E-state index contributed by atoms with van der Waals surface area (Å²) in [6.07, 6.45) is 6.48. The Balaban J connectivity index is 1.77. The van der Waals surface area contributed by atoms with E-state index >= 15 is 0 Å². The third-order valence-electron chi connectivity index (χ3n) is 4.61. The van der Waals surface area contributed by atoms with E-state index in [2.05, 4.69) is 20.8 Å². The molecule has 1 unspecified atom stereocenters. The van der Waals surface area contributed by atoms with E-state index in [1.54, 1.807) is 25.6 Å². The van der Waals surface area contributed by atoms with Crippen LogP contribution in [0.1, 0.15) is 11.8 Å². The lowest BCUT2D eigenvalue weighted by atomic mass is 10.0. The van der Waals surface area contributed by atoms with Crippen LogP contribution in [0.5, 0.6) is 0 Å². The highest BCUT2D eigenvalue weighted by atomic mass is 35.5. The van der Waals surface area contributed by atoms with Gasteiger partial charge in [0.15, 0.2) is 12.2 Å². The van der Waals surface area contributed by atoms with E-state index in [0.29, 0.717) is 10.8 Å². The Labute approximate surface area is 172 Å². The van der Waals surface area contributed by atoms with Crippen molar-refractivity contribution < 1.29 is 8.63 Å². The van der Waals surface area contributed by atoms with Crippen molar-refractivity contribution in [2.24, 2.45) is 10.7 Å². The normalized spacial score (nSPS) is 25.0. The number of oxazole rings is 1. The van der Waals surface area contributed by atoms with Crippen molar-refractivity contribution in [3.8, 4) is 21.8 Å². The van der Waals surface area contributed by atoms with Crippen LogP contribution >= 0.6 is 22.9 Å². The molecule has 4 rings (SSSR count). The van der Waals surface area contributed by atoms with Gasteiger partial charge < -0.3 is 10.2 Å². The monoisotopic (exact) mass is 435 g/mol. The van der Waals surface area contributed by atoms with Crippen molar-refractivity contribution in [2.75, 3.05) is 12.8 Å². The van der Waals surface area contributed by atoms with Gasteiger partial charge >= 0.3 is 0 Å². The Morgan fingerprint density at radius 1 is 1.32 bits per heavy atom. The highest BCUT2D eigenvalue weighted by Crippen LogP contribution is 2.44. The molecule has 0 saturated carbocycles. The van der Waals surface area contributed by atoms with Crippen LogP contribution in [0.15, 0.2) is 46.5 Å². The number of halogens is 1. The van der Waals surface area contributed by atoms with Crippen LogP contribution in [-0.4, -0.2) is 43.1 Å². The summed E-state index contributed by atoms with van der Waals surface area (Å²) in [5, 5.41) is 0.545. The van der Waals surface area contributed by atoms with Gasteiger partial charge in [-0.15, -0.1) is 11.3 Å². The molecule has 2 atom stereocenters. The number of hydrogen-bond donors (Lipinski definition) is 1. The molecular weight excluding hydrogens is 418 g/mol. The quantitative estimate of drug-likeness (QED) is 0.637. The molecule has 0 fully saturated rings. The Bertz CT molecular complexity index is 1170. The van der Waals surface area contributed by atoms with Crippen LogP contribution in [0.3, 0.4) is 0 Å². The minimum Gasteiger partial charge on any atom is -0.443 e. The van der Waals surface area contributed by atoms with Gasteiger partial charge in [0.2, 0.25) is 5.96 Å². The van der Waals surface area contributed by atoms with Gasteiger partial charge in [-0.05, 0) is 24.9 Å². The maximum Gasteiger partial charge on any atom is 0.203 e. The van der Waals surface area contributed by atoms with Crippen LogP contribution in [0, 0.1) is 0 Å². The highest BCUT2D eigenvalue weighted by Gasteiger charge is 2.39. The van der Waals surface area contributed by atoms with Crippen molar-refractivity contribution in [1.82, 2.24) is 14.3 Å². The molecule has 0 amide bonds. The predicted octanol–water partition coefficient (Wildman–Crippen LogP) is 3.23. The summed E-state index contributed by atoms with van der Waals surface area (Å²) in [5.41, 5.74) is 6.89. The fourth-order valence-electron chi connectivity index (χ4n) is 3.12. The van der Waals surface area contributed by atoms with Crippen LogP contribution in [0.25, 0.3) is 21.8 Å². The summed E-state index contributed by atoms with van der Waals surface area (Å²) in [5.74, 6) is 4.90. The van der Waals surface area contributed by atoms with Gasteiger partial charge in [-0.25, -0.2) is 14.2 Å². The fraction of sp³-hybridized carbons (Fsp3) is 0.222. The molecule has 0 saturated heterocycles. The molecule has 3 aromatic rings. The molecule has 1 aliphatic rings. The van der Waals surface area contributed by atoms with Crippen molar-refractivity contribution in [3.63, 3.8) is 0 Å². The average Bonchev–Trinajstić information content (AvgIpc) is 3.29. The number of hydrogen-bond acceptors (Lipinski definition) is 7. The Morgan fingerprint density at radius 2 is 2.07 bits per heavy atom. The number of rotatable bonds is 3. The molecule has 28 heavy (non-hydrogen) atoms. The third kappa shape index (κ3) is 3.19. The smallest absolute Gasteiger partial charge is 0.203 e. The molecule has 7 nitrogen and oxygen atoms in total. The second kappa shape index (κ2) is 6.61. The van der Waals surface area contributed by atoms with E-state index < -0.39 is 15.2 Å². The molecule has 10 heteroatoms. The Morgan fingerprint density at radius 3 is 2.75 bits per heavy atom. The SMILES string of the molecule is C=S1(=O)C[C@@](C)(c2sc(-c3cncc(-c4cnco4)c3)cc2Cl)N=C(N)N1C. The summed E-state index contributed by atoms with van der Waals surface area (Å²) in [7, 11) is -0.946. The number of aliphatic imine (C=N–C) groups is 1. The summed E-state index contributed by atoms with van der Waals surface area (Å²) >= 11 is 8.03. The minimum absolute atomic E-state index is 0.189. The summed E-state index contributed by atoms with van der Waals surface area (Å²) < 4.78 is 19.7. The number of aromatic nitrogens is 2. The van der Waals surface area contributed by atoms with E-state index in [4.69, 9.17) is 21.8 Å². The number of nitrogens with two attached hydrogens (primary N) is 1. The van der Waals surface area contributed by atoms with Crippen LogP contribution in [0.2, 0.25) is 5.02 Å². The Kier molecular flexibility index (Phi) is 4.48. The molecule has 146 valence electrons. The van der Waals surface area contributed by atoms with Gasteiger partial charge in [-0.2, -0.15) is 0 Å². The van der Waals surface area contributed by atoms with Gasteiger partial charge in [-0.3, -0.25) is 9.29 Å². The topological polar surface area (TPSA) is 97.6 Å². The summed E-state index contributed by atoms with van der Waals surface area (Å²) in [6, 6.07) is 3.82. The molecular formula is C18H18ClN5O2S2. The molecule has 2 N–H and O–H groups in total. The zero-order valence-corrected chi connectivity index (χ0v) is 17.6. The van der Waals surface area contributed by atoms with Gasteiger partial charge in [0.25, 0.3) is 0 Å². The third-order valence-corrected chi connectivity index (χ3v) is 8.65. The molecule has 0 spiro atoms. The summed E-state index contributed by atoms with van der Waals surface area (Å²) in [6.45, 7) is 1.88. The lowest BCUT2D eigenvalue weighted by molar-refractivity contribution is 0.522. The highest BCUT2D eigenvalue weighted by molar-refractivity contribution is 7.98.